The number of carboxylic acids is 1. The molecule has 1 aromatic rings. The van der Waals surface area contributed by atoms with Crippen molar-refractivity contribution >= 4 is 11.8 Å². The molecule has 0 saturated carbocycles. The Balaban J connectivity index is 2.72. The normalized spacial score (nSPS) is 12.2. The van der Waals surface area contributed by atoms with E-state index in [9.17, 15) is 9.59 Å². The number of carboxylic acid groups (broad SMARTS) is 1. The van der Waals surface area contributed by atoms with Crippen LogP contribution >= 0.6 is 0 Å². The predicted octanol–water partition coefficient (Wildman–Crippen LogP) is 2.11. The van der Waals surface area contributed by atoms with Gasteiger partial charge in [-0.25, -0.2) is 0 Å². The van der Waals surface area contributed by atoms with Crippen molar-refractivity contribution in [3.8, 4) is 5.75 Å². The maximum Gasteiger partial charge on any atom is 0.303 e. The fourth-order valence-electron chi connectivity index (χ4n) is 1.85. The second-order valence-corrected chi connectivity index (χ2v) is 4.83. The molecule has 0 aliphatic rings. The molecule has 0 aliphatic heterocycles. The first-order valence-electron chi connectivity index (χ1n) is 6.64. The molecule has 0 saturated heterocycles. The maximum absolute atomic E-state index is 12.2. The minimum atomic E-state index is -0.904. The van der Waals surface area contributed by atoms with E-state index in [1.54, 1.807) is 31.3 Å². The van der Waals surface area contributed by atoms with Crippen molar-refractivity contribution in [2.24, 2.45) is 0 Å². The molecule has 0 bridgehead atoms. The third-order valence-corrected chi connectivity index (χ3v) is 2.82. The summed E-state index contributed by atoms with van der Waals surface area (Å²) in [6.07, 6.45) is 0.318. The number of carbonyl (C=O) groups excluding carboxylic acids is 1. The largest absolute Gasteiger partial charge is 0.491 e. The van der Waals surface area contributed by atoms with Crippen molar-refractivity contribution < 1.29 is 19.4 Å². The number of carbonyl (C=O) groups is 2. The SMILES string of the molecule is CNC(CCC(=O)O)C(=O)c1ccc(OC(C)C)cc1. The Hall–Kier alpha value is -1.88. The summed E-state index contributed by atoms with van der Waals surface area (Å²) in [5.41, 5.74) is 0.547. The number of nitrogens with one attached hydrogen (secondary N) is 1. The fraction of sp³-hybridized carbons (Fsp3) is 0.467. The van der Waals surface area contributed by atoms with Crippen LogP contribution in [0.5, 0.6) is 5.75 Å². The number of hydrogen-bond acceptors (Lipinski definition) is 4. The van der Waals surface area contributed by atoms with E-state index in [0.717, 1.165) is 0 Å². The molecule has 0 fully saturated rings. The van der Waals surface area contributed by atoms with Gasteiger partial charge in [-0.3, -0.25) is 9.59 Å². The third-order valence-electron chi connectivity index (χ3n) is 2.82. The van der Waals surface area contributed by atoms with E-state index in [1.165, 1.54) is 0 Å². The lowest BCUT2D eigenvalue weighted by atomic mass is 10.0. The van der Waals surface area contributed by atoms with Crippen molar-refractivity contribution in [2.45, 2.75) is 38.8 Å². The van der Waals surface area contributed by atoms with Crippen LogP contribution < -0.4 is 10.1 Å². The first-order valence-corrected chi connectivity index (χ1v) is 6.64. The van der Waals surface area contributed by atoms with Gasteiger partial charge >= 0.3 is 5.97 Å². The Morgan fingerprint density at radius 3 is 2.30 bits per heavy atom. The molecule has 1 unspecified atom stereocenters. The summed E-state index contributed by atoms with van der Waals surface area (Å²) in [6.45, 7) is 3.87. The van der Waals surface area contributed by atoms with Gasteiger partial charge in [0.1, 0.15) is 5.75 Å². The van der Waals surface area contributed by atoms with Gasteiger partial charge in [0, 0.05) is 12.0 Å². The summed E-state index contributed by atoms with van der Waals surface area (Å²) < 4.78 is 5.51. The van der Waals surface area contributed by atoms with Gasteiger partial charge in [-0.15, -0.1) is 0 Å². The van der Waals surface area contributed by atoms with Crippen molar-refractivity contribution in [3.63, 3.8) is 0 Å². The number of benzene rings is 1. The molecule has 110 valence electrons. The highest BCUT2D eigenvalue weighted by Crippen LogP contribution is 2.16. The lowest BCUT2D eigenvalue weighted by Crippen LogP contribution is -2.34. The molecule has 5 nitrogen and oxygen atoms in total. The van der Waals surface area contributed by atoms with Crippen LogP contribution in [0.25, 0.3) is 0 Å². The Morgan fingerprint density at radius 2 is 1.85 bits per heavy atom. The standard InChI is InChI=1S/C15H21NO4/c1-10(2)20-12-6-4-11(5-7-12)15(19)13(16-3)8-9-14(17)18/h4-7,10,13,16H,8-9H2,1-3H3,(H,17,18). The Kier molecular flexibility index (Phi) is 6.18. The van der Waals surface area contributed by atoms with Crippen LogP contribution in [-0.2, 0) is 4.79 Å². The van der Waals surface area contributed by atoms with E-state index in [2.05, 4.69) is 5.32 Å². The summed E-state index contributed by atoms with van der Waals surface area (Å²) in [5.74, 6) is -0.299. The molecule has 20 heavy (non-hydrogen) atoms. The summed E-state index contributed by atoms with van der Waals surface area (Å²) >= 11 is 0. The van der Waals surface area contributed by atoms with Crippen LogP contribution in [0.3, 0.4) is 0 Å². The molecule has 1 atom stereocenters. The number of Topliss-reactive ketones (excluding diaryl/α,β-unsaturated/α-hetero) is 1. The molecule has 0 amide bonds. The highest BCUT2D eigenvalue weighted by Gasteiger charge is 2.19. The smallest absolute Gasteiger partial charge is 0.303 e. The highest BCUT2D eigenvalue weighted by atomic mass is 16.5. The molecule has 0 spiro atoms. The Bertz CT molecular complexity index is 453. The number of ketones is 1. The summed E-state index contributed by atoms with van der Waals surface area (Å²) in [4.78, 5) is 22.8. The summed E-state index contributed by atoms with van der Waals surface area (Å²) in [5, 5.41) is 11.5. The number of rotatable bonds is 8. The van der Waals surface area contributed by atoms with Gasteiger partial charge in [-0.2, -0.15) is 0 Å². The molecular weight excluding hydrogens is 258 g/mol. The summed E-state index contributed by atoms with van der Waals surface area (Å²) in [6, 6.07) is 6.41. The van der Waals surface area contributed by atoms with Gasteiger partial charge < -0.3 is 15.2 Å². The Morgan fingerprint density at radius 1 is 1.25 bits per heavy atom. The van der Waals surface area contributed by atoms with Crippen molar-refractivity contribution in [1.29, 1.82) is 0 Å². The number of aliphatic carboxylic acids is 1. The molecule has 2 N–H and O–H groups in total. The maximum atomic E-state index is 12.2. The van der Waals surface area contributed by atoms with E-state index in [4.69, 9.17) is 9.84 Å². The molecule has 0 aliphatic carbocycles. The van der Waals surface area contributed by atoms with Gasteiger partial charge in [-0.05, 0) is 51.6 Å². The average Bonchev–Trinajstić information content (AvgIpc) is 2.39. The minimum absolute atomic E-state index is 0.0359. The second kappa shape index (κ2) is 7.65. The second-order valence-electron chi connectivity index (χ2n) is 4.83. The first kappa shape index (κ1) is 16.2. The molecule has 0 aromatic heterocycles. The van der Waals surface area contributed by atoms with E-state index < -0.39 is 12.0 Å². The fourth-order valence-corrected chi connectivity index (χ4v) is 1.85. The first-order chi connectivity index (χ1) is 9.43. The lowest BCUT2D eigenvalue weighted by molar-refractivity contribution is -0.137. The van der Waals surface area contributed by atoms with Gasteiger partial charge in [-0.1, -0.05) is 0 Å². The van der Waals surface area contributed by atoms with Crippen LogP contribution in [0.1, 0.15) is 37.0 Å². The molecule has 0 radical (unpaired) electrons. The number of likely N-dealkylation sites (N-methyl/N-ethyl adjacent to an activating group) is 1. The molecule has 5 heteroatoms. The Labute approximate surface area is 118 Å². The van der Waals surface area contributed by atoms with Crippen LogP contribution in [0.2, 0.25) is 0 Å². The van der Waals surface area contributed by atoms with Gasteiger partial charge in [0.2, 0.25) is 0 Å². The zero-order valence-corrected chi connectivity index (χ0v) is 12.1. The molecule has 1 rings (SSSR count). The zero-order chi connectivity index (χ0) is 15.1. The van der Waals surface area contributed by atoms with E-state index in [-0.39, 0.29) is 24.7 Å². The van der Waals surface area contributed by atoms with Crippen LogP contribution in [0.4, 0.5) is 0 Å². The number of ether oxygens (including phenoxy) is 1. The van der Waals surface area contributed by atoms with Crippen LogP contribution in [0.15, 0.2) is 24.3 Å². The van der Waals surface area contributed by atoms with Crippen molar-refractivity contribution in [2.75, 3.05) is 7.05 Å². The van der Waals surface area contributed by atoms with Crippen molar-refractivity contribution in [3.05, 3.63) is 29.8 Å². The zero-order valence-electron chi connectivity index (χ0n) is 12.1. The molecule has 1 aromatic carbocycles. The van der Waals surface area contributed by atoms with E-state index in [0.29, 0.717) is 11.3 Å². The quantitative estimate of drug-likeness (QED) is 0.713. The van der Waals surface area contributed by atoms with Gasteiger partial charge in [0.15, 0.2) is 5.78 Å². The van der Waals surface area contributed by atoms with Crippen molar-refractivity contribution in [1.82, 2.24) is 5.32 Å². The average molecular weight is 279 g/mol. The van der Waals surface area contributed by atoms with E-state index in [1.807, 2.05) is 13.8 Å². The van der Waals surface area contributed by atoms with Gasteiger partial charge in [0.05, 0.1) is 12.1 Å². The van der Waals surface area contributed by atoms with Crippen LogP contribution in [0, 0.1) is 0 Å². The molecular formula is C15H21NO4. The topological polar surface area (TPSA) is 75.6 Å². The van der Waals surface area contributed by atoms with Gasteiger partial charge in [0.25, 0.3) is 0 Å². The third kappa shape index (κ3) is 5.01. The predicted molar refractivity (Wildman–Crippen MR) is 76.3 cm³/mol. The van der Waals surface area contributed by atoms with Crippen LogP contribution in [-0.4, -0.2) is 36.1 Å². The van der Waals surface area contributed by atoms with E-state index >= 15 is 0 Å². The monoisotopic (exact) mass is 279 g/mol. The highest BCUT2D eigenvalue weighted by molar-refractivity contribution is 6.00. The molecule has 0 heterocycles. The lowest BCUT2D eigenvalue weighted by Gasteiger charge is -2.14. The summed E-state index contributed by atoms with van der Waals surface area (Å²) in [7, 11) is 1.65. The number of hydrogen-bond donors (Lipinski definition) is 2. The minimum Gasteiger partial charge on any atom is -0.491 e.